The van der Waals surface area contributed by atoms with Gasteiger partial charge in [-0.25, -0.2) is 9.97 Å². The highest BCUT2D eigenvalue weighted by atomic mass is 15.2. The second kappa shape index (κ2) is 8.99. The van der Waals surface area contributed by atoms with Gasteiger partial charge in [-0.2, -0.15) is 0 Å². The van der Waals surface area contributed by atoms with Gasteiger partial charge in [-0.1, -0.05) is 48.5 Å². The number of benzene rings is 2. The van der Waals surface area contributed by atoms with E-state index in [2.05, 4.69) is 85.8 Å². The van der Waals surface area contributed by atoms with Crippen molar-refractivity contribution in [3.8, 4) is 34.2 Å². The summed E-state index contributed by atoms with van der Waals surface area (Å²) in [5.41, 5.74) is 8.23. The Kier molecular flexibility index (Phi) is 5.03. The quantitative estimate of drug-likeness (QED) is 0.242. The summed E-state index contributed by atoms with van der Waals surface area (Å²) in [6.07, 6.45) is 5.44. The highest BCUT2D eigenvalue weighted by Crippen LogP contribution is 2.40. The molecule has 6 heterocycles. The van der Waals surface area contributed by atoms with Crippen LogP contribution in [-0.2, 0) is 0 Å². The maximum absolute atomic E-state index is 5.00. The number of pyridine rings is 4. The van der Waals surface area contributed by atoms with Crippen LogP contribution in [0.2, 0.25) is 0 Å². The topological polar surface area (TPSA) is 61.4 Å². The molecule has 8 aromatic rings. The van der Waals surface area contributed by atoms with Gasteiger partial charge in [0.25, 0.3) is 0 Å². The molecule has 0 bridgehead atoms. The molecular weight excluding hydrogens is 492 g/mol. The second-order valence-electron chi connectivity index (χ2n) is 9.62. The Morgan fingerprint density at radius 2 is 1.07 bits per heavy atom. The van der Waals surface area contributed by atoms with E-state index >= 15 is 0 Å². The molecule has 0 spiro atoms. The molecule has 0 saturated heterocycles. The Morgan fingerprint density at radius 3 is 1.77 bits per heavy atom. The number of hydrogen-bond donors (Lipinski definition) is 0. The van der Waals surface area contributed by atoms with Crippen LogP contribution in [0.15, 0.2) is 134 Å². The Hall–Kier alpha value is -5.62. The minimum atomic E-state index is 0.770. The van der Waals surface area contributed by atoms with E-state index in [0.717, 1.165) is 61.7 Å². The van der Waals surface area contributed by atoms with E-state index in [1.807, 2.05) is 54.7 Å². The van der Waals surface area contributed by atoms with Crippen LogP contribution in [0.3, 0.4) is 0 Å². The number of hydrogen-bond acceptors (Lipinski definition) is 4. The van der Waals surface area contributed by atoms with Crippen molar-refractivity contribution in [3.63, 3.8) is 0 Å². The molecule has 0 radical (unpaired) electrons. The average Bonchev–Trinajstić information content (AvgIpc) is 3.55. The van der Waals surface area contributed by atoms with Crippen LogP contribution in [0.1, 0.15) is 0 Å². The van der Waals surface area contributed by atoms with E-state index in [1.54, 1.807) is 12.4 Å². The number of nitrogens with zero attached hydrogens (tertiary/aromatic N) is 6. The first-order valence-electron chi connectivity index (χ1n) is 13.2. The van der Waals surface area contributed by atoms with Crippen LogP contribution in [0, 0.1) is 0 Å². The first-order chi connectivity index (χ1) is 19.9. The minimum absolute atomic E-state index is 0.770. The van der Waals surface area contributed by atoms with E-state index in [9.17, 15) is 0 Å². The molecule has 0 aliphatic rings. The van der Waals surface area contributed by atoms with Crippen LogP contribution in [0.4, 0.5) is 0 Å². The molecule has 0 aliphatic carbocycles. The van der Waals surface area contributed by atoms with Crippen LogP contribution in [-0.4, -0.2) is 29.1 Å². The van der Waals surface area contributed by atoms with E-state index in [-0.39, 0.29) is 0 Å². The summed E-state index contributed by atoms with van der Waals surface area (Å²) in [7, 11) is 0. The van der Waals surface area contributed by atoms with Crippen LogP contribution in [0.5, 0.6) is 0 Å². The maximum atomic E-state index is 5.00. The van der Waals surface area contributed by atoms with Crippen LogP contribution < -0.4 is 0 Å². The second-order valence-corrected chi connectivity index (χ2v) is 9.62. The number of fused-ring (bicyclic) bond motifs is 5. The van der Waals surface area contributed by atoms with E-state index in [1.165, 1.54) is 5.39 Å². The fourth-order valence-corrected chi connectivity index (χ4v) is 5.59. The zero-order valence-electron chi connectivity index (χ0n) is 21.4. The Labute approximate surface area is 229 Å². The lowest BCUT2D eigenvalue weighted by molar-refractivity contribution is 1.04. The Bertz CT molecular complexity index is 2090. The molecule has 0 aliphatic heterocycles. The van der Waals surface area contributed by atoms with Crippen molar-refractivity contribution in [2.45, 2.75) is 0 Å². The molecule has 0 amide bonds. The summed E-state index contributed by atoms with van der Waals surface area (Å²) in [6, 6.07) is 39.2. The minimum Gasteiger partial charge on any atom is -0.295 e. The zero-order chi connectivity index (χ0) is 26.5. The molecule has 6 heteroatoms. The number of rotatable bonds is 4. The standard InChI is InChI=1S/C34H22N6/c1-2-11-23(12-3-1)39-31-17-5-4-13-25(31)32-26-14-10-20-37-33(26)40(34(32)39)24-21-29(27-15-6-8-18-35-27)38-30(22-24)28-16-7-9-19-36-28/h1-22H. The summed E-state index contributed by atoms with van der Waals surface area (Å²) in [5.74, 6) is 0. The first-order valence-corrected chi connectivity index (χ1v) is 13.2. The molecular formula is C34H22N6. The van der Waals surface area contributed by atoms with Gasteiger partial charge in [0.05, 0.1) is 34.0 Å². The molecule has 0 N–H and O–H groups in total. The largest absolute Gasteiger partial charge is 0.295 e. The van der Waals surface area contributed by atoms with E-state index in [4.69, 9.17) is 9.97 Å². The van der Waals surface area contributed by atoms with Gasteiger partial charge in [-0.05, 0) is 66.7 Å². The SMILES string of the molecule is c1ccc(-n2c3ccccc3c3c4cccnc4n(-c4cc(-c5ccccn5)nc(-c5ccccn5)c4)c32)cc1. The lowest BCUT2D eigenvalue weighted by atomic mass is 10.1. The third kappa shape index (κ3) is 3.43. The summed E-state index contributed by atoms with van der Waals surface area (Å²) >= 11 is 0. The van der Waals surface area contributed by atoms with Crippen molar-refractivity contribution in [1.82, 2.24) is 29.1 Å². The maximum Gasteiger partial charge on any atom is 0.146 e. The molecule has 2 aromatic carbocycles. The molecule has 0 fully saturated rings. The van der Waals surface area contributed by atoms with Crippen molar-refractivity contribution >= 4 is 33.0 Å². The van der Waals surface area contributed by atoms with Gasteiger partial charge < -0.3 is 0 Å². The highest BCUT2D eigenvalue weighted by molar-refractivity contribution is 6.21. The van der Waals surface area contributed by atoms with Gasteiger partial charge in [0.15, 0.2) is 0 Å². The molecule has 0 saturated carbocycles. The van der Waals surface area contributed by atoms with Crippen molar-refractivity contribution in [2.24, 2.45) is 0 Å². The lowest BCUT2D eigenvalue weighted by Gasteiger charge is -2.14. The summed E-state index contributed by atoms with van der Waals surface area (Å²) in [5, 5.41) is 3.44. The van der Waals surface area contributed by atoms with Gasteiger partial charge in [0.1, 0.15) is 11.3 Å². The average molecular weight is 515 g/mol. The van der Waals surface area contributed by atoms with Crippen LogP contribution >= 0.6 is 0 Å². The predicted molar refractivity (Wildman–Crippen MR) is 160 cm³/mol. The number of para-hydroxylation sites is 2. The third-order valence-electron chi connectivity index (χ3n) is 7.27. The predicted octanol–water partition coefficient (Wildman–Crippen LogP) is 7.64. The Balaban J connectivity index is 1.54. The number of aromatic nitrogens is 6. The molecule has 188 valence electrons. The fourth-order valence-electron chi connectivity index (χ4n) is 5.59. The fraction of sp³-hybridized carbons (Fsp3) is 0. The molecule has 8 rings (SSSR count). The summed E-state index contributed by atoms with van der Waals surface area (Å²) in [4.78, 5) is 19.1. The van der Waals surface area contributed by atoms with E-state index < -0.39 is 0 Å². The Morgan fingerprint density at radius 1 is 0.450 bits per heavy atom. The monoisotopic (exact) mass is 514 g/mol. The summed E-state index contributed by atoms with van der Waals surface area (Å²) < 4.78 is 4.58. The van der Waals surface area contributed by atoms with Crippen molar-refractivity contribution in [2.75, 3.05) is 0 Å². The van der Waals surface area contributed by atoms with Gasteiger partial charge in [0, 0.05) is 40.4 Å². The van der Waals surface area contributed by atoms with Gasteiger partial charge in [-0.15, -0.1) is 0 Å². The highest BCUT2D eigenvalue weighted by Gasteiger charge is 2.23. The van der Waals surface area contributed by atoms with Crippen LogP contribution in [0.25, 0.3) is 67.1 Å². The first kappa shape index (κ1) is 22.4. The van der Waals surface area contributed by atoms with Crippen molar-refractivity contribution in [1.29, 1.82) is 0 Å². The molecule has 40 heavy (non-hydrogen) atoms. The third-order valence-corrected chi connectivity index (χ3v) is 7.27. The normalized spacial score (nSPS) is 11.5. The van der Waals surface area contributed by atoms with Gasteiger partial charge >= 0.3 is 0 Å². The molecule has 6 aromatic heterocycles. The lowest BCUT2D eigenvalue weighted by Crippen LogP contribution is -2.04. The molecule has 6 nitrogen and oxygen atoms in total. The summed E-state index contributed by atoms with van der Waals surface area (Å²) in [6.45, 7) is 0. The van der Waals surface area contributed by atoms with E-state index in [0.29, 0.717) is 0 Å². The zero-order valence-corrected chi connectivity index (χ0v) is 21.4. The van der Waals surface area contributed by atoms with Crippen molar-refractivity contribution < 1.29 is 0 Å². The molecule has 0 atom stereocenters. The smallest absolute Gasteiger partial charge is 0.146 e. The van der Waals surface area contributed by atoms with Gasteiger partial charge in [-0.3, -0.25) is 19.1 Å². The van der Waals surface area contributed by atoms with Gasteiger partial charge in [0.2, 0.25) is 0 Å². The van der Waals surface area contributed by atoms with Crippen molar-refractivity contribution in [3.05, 3.63) is 134 Å². The molecule has 0 unspecified atom stereocenters.